The number of nitrogens with one attached hydrogen (secondary N) is 2. The maximum Gasteiger partial charge on any atom is 0.251 e. The molecule has 2 bridgehead atoms. The summed E-state index contributed by atoms with van der Waals surface area (Å²) >= 11 is 0. The van der Waals surface area contributed by atoms with Crippen molar-refractivity contribution in [1.29, 1.82) is 0 Å². The summed E-state index contributed by atoms with van der Waals surface area (Å²) in [5, 5.41) is 6.96. The lowest BCUT2D eigenvalue weighted by Crippen LogP contribution is -2.41. The maximum absolute atomic E-state index is 12.8. The van der Waals surface area contributed by atoms with Crippen LogP contribution in [-0.2, 0) is 0 Å². The molecule has 5 atom stereocenters. The molecule has 2 fully saturated rings. The van der Waals surface area contributed by atoms with Gasteiger partial charge in [-0.05, 0) is 93.0 Å². The summed E-state index contributed by atoms with van der Waals surface area (Å²) in [5.74, 6) is 2.80. The Morgan fingerprint density at radius 1 is 1.04 bits per heavy atom. The second-order valence-electron chi connectivity index (χ2n) is 9.98. The van der Waals surface area contributed by atoms with Gasteiger partial charge in [-0.25, -0.2) is 0 Å². The summed E-state index contributed by atoms with van der Waals surface area (Å²) in [6, 6.07) is 17.6. The molecule has 146 valence electrons. The number of hydrogen-bond donors (Lipinski definition) is 2. The fourth-order valence-electron chi connectivity index (χ4n) is 6.03. The first-order valence-electron chi connectivity index (χ1n) is 10.7. The van der Waals surface area contributed by atoms with E-state index in [9.17, 15) is 4.79 Å². The third-order valence-corrected chi connectivity index (χ3v) is 7.00. The van der Waals surface area contributed by atoms with Crippen LogP contribution in [0.3, 0.4) is 0 Å². The van der Waals surface area contributed by atoms with Crippen molar-refractivity contribution in [3.05, 3.63) is 65.2 Å². The number of benzene rings is 2. The van der Waals surface area contributed by atoms with Crippen LogP contribution in [0.4, 0.5) is 5.69 Å². The van der Waals surface area contributed by atoms with Crippen LogP contribution < -0.4 is 10.6 Å². The van der Waals surface area contributed by atoms with Crippen LogP contribution in [0.25, 0.3) is 0 Å². The average molecular weight is 375 g/mol. The van der Waals surface area contributed by atoms with Gasteiger partial charge in [-0.3, -0.25) is 4.79 Å². The van der Waals surface area contributed by atoms with Crippen molar-refractivity contribution in [3.63, 3.8) is 0 Å². The zero-order valence-electron chi connectivity index (χ0n) is 17.0. The van der Waals surface area contributed by atoms with E-state index in [2.05, 4.69) is 53.1 Å². The molecule has 0 radical (unpaired) electrons. The van der Waals surface area contributed by atoms with Crippen LogP contribution in [0, 0.1) is 17.8 Å². The van der Waals surface area contributed by atoms with Crippen molar-refractivity contribution in [2.75, 3.05) is 5.32 Å². The van der Waals surface area contributed by atoms with Crippen LogP contribution in [0.2, 0.25) is 0 Å². The van der Waals surface area contributed by atoms with E-state index in [-0.39, 0.29) is 11.4 Å². The smallest absolute Gasteiger partial charge is 0.251 e. The SMILES string of the molecule is CC(C)(C)NC(=O)c1ccc2c(c1)[C@@H]1[C@H]3CC[C@@H](C3)[C@@H]1[C@H](c1ccccc1)N2. The highest BCUT2D eigenvalue weighted by Gasteiger charge is 2.53. The van der Waals surface area contributed by atoms with Gasteiger partial charge in [0.2, 0.25) is 0 Å². The molecule has 5 rings (SSSR count). The summed E-state index contributed by atoms with van der Waals surface area (Å²) in [5.41, 5.74) is 4.54. The Bertz CT molecular complexity index is 899. The van der Waals surface area contributed by atoms with Gasteiger partial charge in [-0.1, -0.05) is 30.3 Å². The lowest BCUT2D eigenvalue weighted by Gasteiger charge is -2.43. The molecule has 2 aliphatic carbocycles. The zero-order valence-corrected chi connectivity index (χ0v) is 17.0. The van der Waals surface area contributed by atoms with Gasteiger partial charge in [0.25, 0.3) is 5.91 Å². The van der Waals surface area contributed by atoms with E-state index in [4.69, 9.17) is 0 Å². The quantitative estimate of drug-likeness (QED) is 0.727. The topological polar surface area (TPSA) is 41.1 Å². The van der Waals surface area contributed by atoms with Crippen molar-refractivity contribution < 1.29 is 4.79 Å². The molecule has 1 aliphatic heterocycles. The van der Waals surface area contributed by atoms with Crippen molar-refractivity contribution in [2.45, 2.75) is 57.5 Å². The van der Waals surface area contributed by atoms with Gasteiger partial charge in [0.15, 0.2) is 0 Å². The molecule has 28 heavy (non-hydrogen) atoms. The Balaban J connectivity index is 1.54. The molecule has 1 heterocycles. The van der Waals surface area contributed by atoms with Gasteiger partial charge in [-0.15, -0.1) is 0 Å². The first-order chi connectivity index (χ1) is 13.4. The molecule has 0 spiro atoms. The molecule has 2 aromatic carbocycles. The Morgan fingerprint density at radius 2 is 1.79 bits per heavy atom. The van der Waals surface area contributed by atoms with Crippen molar-refractivity contribution in [1.82, 2.24) is 5.32 Å². The second kappa shape index (κ2) is 6.37. The summed E-state index contributed by atoms with van der Waals surface area (Å²) in [7, 11) is 0. The minimum atomic E-state index is -0.224. The summed E-state index contributed by atoms with van der Waals surface area (Å²) < 4.78 is 0. The third kappa shape index (κ3) is 2.92. The first kappa shape index (κ1) is 17.8. The summed E-state index contributed by atoms with van der Waals surface area (Å²) in [6.45, 7) is 6.09. The molecule has 3 aliphatic rings. The maximum atomic E-state index is 12.8. The number of carbonyl (C=O) groups excluding carboxylic acids is 1. The highest BCUT2D eigenvalue weighted by Crippen LogP contribution is 2.63. The zero-order chi connectivity index (χ0) is 19.5. The van der Waals surface area contributed by atoms with E-state index in [1.807, 2.05) is 26.8 Å². The van der Waals surface area contributed by atoms with E-state index < -0.39 is 0 Å². The van der Waals surface area contributed by atoms with E-state index in [1.165, 1.54) is 36.1 Å². The number of rotatable bonds is 2. The predicted octanol–water partition coefficient (Wildman–Crippen LogP) is 5.51. The highest BCUT2D eigenvalue weighted by atomic mass is 16.1. The van der Waals surface area contributed by atoms with Gasteiger partial charge in [0, 0.05) is 16.8 Å². The van der Waals surface area contributed by atoms with Crippen LogP contribution in [0.5, 0.6) is 0 Å². The van der Waals surface area contributed by atoms with Gasteiger partial charge in [0.05, 0.1) is 6.04 Å². The number of carbonyl (C=O) groups is 1. The van der Waals surface area contributed by atoms with E-state index in [1.54, 1.807) is 0 Å². The van der Waals surface area contributed by atoms with Crippen LogP contribution in [-0.4, -0.2) is 11.4 Å². The van der Waals surface area contributed by atoms with E-state index in [0.717, 1.165) is 17.4 Å². The predicted molar refractivity (Wildman–Crippen MR) is 114 cm³/mol. The summed E-state index contributed by atoms with van der Waals surface area (Å²) in [6.07, 6.45) is 4.04. The molecule has 0 saturated heterocycles. The van der Waals surface area contributed by atoms with Crippen LogP contribution >= 0.6 is 0 Å². The standard InChI is InChI=1S/C25H30N2O/c1-25(2,3)27-24(28)18-11-12-20-19(14-18)21-16-9-10-17(13-16)22(21)23(26-20)15-7-5-4-6-8-15/h4-8,11-12,14,16-17,21-23,26H,9-10,13H2,1-3H3,(H,27,28)/t16-,17-,21-,22-,23-/m0/s1. The number of anilines is 1. The molecular weight excluding hydrogens is 344 g/mol. The van der Waals surface area contributed by atoms with Crippen molar-refractivity contribution in [3.8, 4) is 0 Å². The number of fused-ring (bicyclic) bond motifs is 7. The van der Waals surface area contributed by atoms with Gasteiger partial charge in [0.1, 0.15) is 0 Å². The Morgan fingerprint density at radius 3 is 2.54 bits per heavy atom. The second-order valence-corrected chi connectivity index (χ2v) is 9.98. The average Bonchev–Trinajstić information content (AvgIpc) is 3.29. The van der Waals surface area contributed by atoms with Gasteiger partial charge >= 0.3 is 0 Å². The molecule has 1 amide bonds. The molecule has 3 heteroatoms. The first-order valence-corrected chi connectivity index (χ1v) is 10.7. The summed E-state index contributed by atoms with van der Waals surface area (Å²) in [4.78, 5) is 12.8. The molecule has 2 aromatic rings. The number of hydrogen-bond acceptors (Lipinski definition) is 2. The van der Waals surface area contributed by atoms with Crippen molar-refractivity contribution >= 4 is 11.6 Å². The molecule has 0 unspecified atom stereocenters. The van der Waals surface area contributed by atoms with E-state index in [0.29, 0.717) is 17.9 Å². The lowest BCUT2D eigenvalue weighted by molar-refractivity contribution is 0.0919. The molecule has 3 nitrogen and oxygen atoms in total. The molecular formula is C25H30N2O. The minimum absolute atomic E-state index is 0.0280. The van der Waals surface area contributed by atoms with Gasteiger partial charge < -0.3 is 10.6 Å². The third-order valence-electron chi connectivity index (χ3n) is 7.00. The Hall–Kier alpha value is -2.29. The molecule has 2 N–H and O–H groups in total. The fourth-order valence-corrected chi connectivity index (χ4v) is 6.03. The van der Waals surface area contributed by atoms with Crippen LogP contribution in [0.15, 0.2) is 48.5 Å². The normalized spacial score (nSPS) is 30.3. The Labute approximate surface area is 167 Å². The fraction of sp³-hybridized carbons (Fsp3) is 0.480. The van der Waals surface area contributed by atoms with E-state index >= 15 is 0 Å². The highest BCUT2D eigenvalue weighted by molar-refractivity contribution is 5.95. The molecule has 2 saturated carbocycles. The molecule has 0 aromatic heterocycles. The van der Waals surface area contributed by atoms with Crippen LogP contribution in [0.1, 0.15) is 73.5 Å². The monoisotopic (exact) mass is 374 g/mol. The minimum Gasteiger partial charge on any atom is -0.378 e. The van der Waals surface area contributed by atoms with Gasteiger partial charge in [-0.2, -0.15) is 0 Å². The Kier molecular flexibility index (Phi) is 4.04. The van der Waals surface area contributed by atoms with Crippen molar-refractivity contribution in [2.24, 2.45) is 17.8 Å². The number of amides is 1. The lowest BCUT2D eigenvalue weighted by atomic mass is 9.68. The largest absolute Gasteiger partial charge is 0.378 e.